The lowest BCUT2D eigenvalue weighted by atomic mass is 9.95. The quantitative estimate of drug-likeness (QED) is 0.644. The van der Waals surface area contributed by atoms with Crippen LogP contribution in [-0.2, 0) is 0 Å². The zero-order valence-electron chi connectivity index (χ0n) is 14.5. The van der Waals surface area contributed by atoms with E-state index in [4.69, 9.17) is 12.2 Å². The van der Waals surface area contributed by atoms with E-state index in [9.17, 15) is 4.79 Å². The average Bonchev–Trinajstić information content (AvgIpc) is 3.38. The molecule has 1 amide bonds. The fraction of sp³-hybridized carbons (Fsp3) is 0.389. The Labute approximate surface area is 171 Å². The number of H-pyrrole nitrogens is 1. The van der Waals surface area contributed by atoms with Gasteiger partial charge in [-0.05, 0) is 37.2 Å². The minimum atomic E-state index is 0.123. The highest BCUT2D eigenvalue weighted by Gasteiger charge is 2.49. The summed E-state index contributed by atoms with van der Waals surface area (Å²) in [6, 6.07) is 7.80. The molecule has 0 bridgehead atoms. The highest BCUT2D eigenvalue weighted by molar-refractivity contribution is 8.21. The molecule has 3 aliphatic heterocycles. The molecule has 5 rings (SSSR count). The zero-order valence-corrected chi connectivity index (χ0v) is 17.0. The zero-order chi connectivity index (χ0) is 18.4. The van der Waals surface area contributed by atoms with Gasteiger partial charge < -0.3 is 15.5 Å². The normalized spacial score (nSPS) is 22.6. The van der Waals surface area contributed by atoms with Gasteiger partial charge in [-0.1, -0.05) is 6.07 Å². The molecule has 2 fully saturated rings. The minimum Gasteiger partial charge on any atom is -0.332 e. The highest BCUT2D eigenvalue weighted by atomic mass is 32.2. The van der Waals surface area contributed by atoms with E-state index in [2.05, 4.69) is 44.4 Å². The van der Waals surface area contributed by atoms with Crippen molar-refractivity contribution in [2.24, 2.45) is 0 Å². The molecule has 0 radical (unpaired) electrons. The molecule has 4 heterocycles. The Morgan fingerprint density at radius 2 is 2.15 bits per heavy atom. The second-order valence-corrected chi connectivity index (χ2v) is 10.5. The number of rotatable bonds is 2. The number of aromatic amines is 1. The molecule has 140 valence electrons. The third-order valence-corrected chi connectivity index (χ3v) is 9.14. The third-order valence-electron chi connectivity index (χ3n) is 5.36. The van der Waals surface area contributed by atoms with Gasteiger partial charge >= 0.3 is 0 Å². The van der Waals surface area contributed by atoms with E-state index in [1.54, 1.807) is 6.20 Å². The van der Waals surface area contributed by atoms with E-state index in [1.807, 2.05) is 29.2 Å². The number of benzene rings is 1. The summed E-state index contributed by atoms with van der Waals surface area (Å²) in [6.45, 7) is 0.828. The van der Waals surface area contributed by atoms with Gasteiger partial charge in [-0.25, -0.2) is 0 Å². The Hall–Kier alpha value is -1.71. The molecule has 3 aliphatic rings. The van der Waals surface area contributed by atoms with Crippen LogP contribution in [0.2, 0.25) is 0 Å². The first-order chi connectivity index (χ1) is 13.2. The lowest BCUT2D eigenvalue weighted by Crippen LogP contribution is -2.41. The fourth-order valence-corrected chi connectivity index (χ4v) is 7.68. The molecule has 9 heteroatoms. The van der Waals surface area contributed by atoms with E-state index < -0.39 is 0 Å². The van der Waals surface area contributed by atoms with Gasteiger partial charge in [0.2, 0.25) is 0 Å². The van der Waals surface area contributed by atoms with Crippen LogP contribution < -0.4 is 10.6 Å². The Morgan fingerprint density at radius 3 is 2.93 bits per heavy atom. The Bertz CT molecular complexity index is 894. The molecule has 6 nitrogen and oxygen atoms in total. The molecule has 0 aliphatic carbocycles. The number of hydrogen-bond donors (Lipinski definition) is 3. The van der Waals surface area contributed by atoms with Gasteiger partial charge in [0.05, 0.1) is 16.3 Å². The van der Waals surface area contributed by atoms with Crippen LogP contribution in [0.4, 0.5) is 11.5 Å². The molecule has 2 saturated heterocycles. The van der Waals surface area contributed by atoms with Gasteiger partial charge in [-0.3, -0.25) is 9.89 Å². The topological polar surface area (TPSA) is 73.0 Å². The molecule has 1 spiro atoms. The number of carbonyl (C=O) groups is 1. The van der Waals surface area contributed by atoms with Gasteiger partial charge in [0, 0.05) is 40.9 Å². The highest BCUT2D eigenvalue weighted by Crippen LogP contribution is 2.57. The first-order valence-electron chi connectivity index (χ1n) is 8.94. The van der Waals surface area contributed by atoms with Gasteiger partial charge in [-0.2, -0.15) is 5.10 Å². The van der Waals surface area contributed by atoms with Crippen molar-refractivity contribution in [3.8, 4) is 0 Å². The Balaban J connectivity index is 1.44. The van der Waals surface area contributed by atoms with Crippen LogP contribution in [0.3, 0.4) is 0 Å². The second kappa shape index (κ2) is 6.72. The number of piperidine rings is 1. The fourth-order valence-electron chi connectivity index (χ4n) is 4.19. The lowest BCUT2D eigenvalue weighted by Gasteiger charge is -2.41. The number of anilines is 2. The number of amides is 1. The van der Waals surface area contributed by atoms with E-state index in [0.717, 1.165) is 42.0 Å². The van der Waals surface area contributed by atoms with E-state index in [-0.39, 0.29) is 16.0 Å². The van der Waals surface area contributed by atoms with E-state index >= 15 is 0 Å². The molecule has 1 atom stereocenters. The van der Waals surface area contributed by atoms with Gasteiger partial charge in [0.25, 0.3) is 5.91 Å². The second-order valence-electron chi connectivity index (χ2n) is 6.89. The number of carbonyl (C=O) groups excluding carboxylic acids is 1. The van der Waals surface area contributed by atoms with Gasteiger partial charge in [0.1, 0.15) is 5.82 Å². The summed E-state index contributed by atoms with van der Waals surface area (Å²) in [5, 5.41) is 13.6. The molecule has 0 saturated carbocycles. The Kier molecular flexibility index (Phi) is 4.33. The average molecular weight is 418 g/mol. The summed E-state index contributed by atoms with van der Waals surface area (Å²) in [5.41, 5.74) is 2.80. The summed E-state index contributed by atoms with van der Waals surface area (Å²) < 4.78 is 0.255. The summed E-state index contributed by atoms with van der Waals surface area (Å²) in [7, 11) is 0. The van der Waals surface area contributed by atoms with Crippen LogP contribution in [0.1, 0.15) is 34.8 Å². The maximum Gasteiger partial charge on any atom is 0.254 e. The maximum absolute atomic E-state index is 13.0. The number of thioether (sulfide) groups is 2. The van der Waals surface area contributed by atoms with Gasteiger partial charge in [0.15, 0.2) is 5.11 Å². The minimum absolute atomic E-state index is 0.123. The molecular weight excluding hydrogens is 398 g/mol. The SMILES string of the molecule is O=C1c2cccc(NC(=S)Nc3ccn[nH]3)c2C2CC3(CCN12)SCCS3. The summed E-state index contributed by atoms with van der Waals surface area (Å²) in [5.74, 6) is 3.29. The largest absolute Gasteiger partial charge is 0.332 e. The van der Waals surface area contributed by atoms with Crippen molar-refractivity contribution in [2.75, 3.05) is 28.7 Å². The number of fused-ring (bicyclic) bond motifs is 3. The Morgan fingerprint density at radius 1 is 1.30 bits per heavy atom. The van der Waals surface area contributed by atoms with Crippen molar-refractivity contribution < 1.29 is 4.79 Å². The van der Waals surface area contributed by atoms with E-state index in [0.29, 0.717) is 5.11 Å². The molecule has 2 aromatic rings. The molecule has 3 N–H and O–H groups in total. The number of aromatic nitrogens is 2. The van der Waals surface area contributed by atoms with Crippen molar-refractivity contribution >= 4 is 58.3 Å². The first-order valence-corrected chi connectivity index (χ1v) is 11.3. The van der Waals surface area contributed by atoms with Crippen molar-refractivity contribution in [1.29, 1.82) is 0 Å². The number of nitrogens with one attached hydrogen (secondary N) is 3. The standard InChI is InChI=1S/C18H19N5OS3/c24-16-11-2-1-3-12(20-17(25)21-14-4-6-19-22-14)15(11)13-10-18(5-7-23(13)16)26-8-9-27-18/h1-4,6,13H,5,7-10H2,(H3,19,20,21,22,25). The number of thiocarbonyl (C=S) groups is 1. The van der Waals surface area contributed by atoms with E-state index in [1.165, 1.54) is 11.5 Å². The van der Waals surface area contributed by atoms with Crippen LogP contribution in [0.5, 0.6) is 0 Å². The predicted molar refractivity (Wildman–Crippen MR) is 116 cm³/mol. The molecule has 1 aromatic heterocycles. The third kappa shape index (κ3) is 3.01. The molecular formula is C18H19N5OS3. The van der Waals surface area contributed by atoms with Crippen molar-refractivity contribution in [3.05, 3.63) is 41.6 Å². The van der Waals surface area contributed by atoms with Crippen molar-refractivity contribution in [3.63, 3.8) is 0 Å². The summed E-state index contributed by atoms with van der Waals surface area (Å²) in [6.07, 6.45) is 3.74. The number of nitrogens with zero attached hydrogens (tertiary/aromatic N) is 2. The van der Waals surface area contributed by atoms with Gasteiger partial charge in [-0.15, -0.1) is 23.5 Å². The molecule has 27 heavy (non-hydrogen) atoms. The number of hydrogen-bond acceptors (Lipinski definition) is 5. The van der Waals surface area contributed by atoms with Crippen LogP contribution in [0.25, 0.3) is 0 Å². The molecule has 1 aromatic carbocycles. The maximum atomic E-state index is 13.0. The summed E-state index contributed by atoms with van der Waals surface area (Å²) in [4.78, 5) is 15.0. The lowest BCUT2D eigenvalue weighted by molar-refractivity contribution is 0.0669. The van der Waals surface area contributed by atoms with Crippen molar-refractivity contribution in [1.82, 2.24) is 15.1 Å². The smallest absolute Gasteiger partial charge is 0.254 e. The monoisotopic (exact) mass is 417 g/mol. The molecule has 1 unspecified atom stereocenters. The predicted octanol–water partition coefficient (Wildman–Crippen LogP) is 3.69. The van der Waals surface area contributed by atoms with Crippen molar-refractivity contribution in [2.45, 2.75) is 23.0 Å². The summed E-state index contributed by atoms with van der Waals surface area (Å²) >= 11 is 9.59. The first kappa shape index (κ1) is 17.4. The van der Waals surface area contributed by atoms with Crippen LogP contribution in [-0.4, -0.2) is 48.2 Å². The van der Waals surface area contributed by atoms with Crippen LogP contribution >= 0.6 is 35.7 Å². The van der Waals surface area contributed by atoms with Crippen LogP contribution in [0, 0.1) is 0 Å². The van der Waals surface area contributed by atoms with Crippen LogP contribution in [0.15, 0.2) is 30.5 Å².